The van der Waals surface area contributed by atoms with Gasteiger partial charge in [0, 0.05) is 44.9 Å². The highest BCUT2D eigenvalue weighted by Gasteiger charge is 2.41. The standard InChI is InChI=1S/C33H45F2N3O4/c1-6-41-28-21-26(12-13-27(28)42-32(34)35)31(25-10-8-7-9-11-25)37-18-19-38(29(22-37)33(3,4)5)30(40)20-24-14-16-36(17-15-24)23(2)39/h7-13,21,24,29,31-32H,6,14-20,22H2,1-5H3/p+1/t29-,31?/m1/s1. The second-order valence-corrected chi connectivity index (χ2v) is 12.6. The Balaban J connectivity index is 1.58. The number of piperazine rings is 1. The first-order valence-corrected chi connectivity index (χ1v) is 15.1. The van der Waals surface area contributed by atoms with Crippen molar-refractivity contribution in [3.05, 3.63) is 59.7 Å². The second-order valence-electron chi connectivity index (χ2n) is 12.6. The predicted molar refractivity (Wildman–Crippen MR) is 158 cm³/mol. The third-order valence-corrected chi connectivity index (χ3v) is 8.68. The van der Waals surface area contributed by atoms with Crippen LogP contribution in [0.2, 0.25) is 0 Å². The predicted octanol–water partition coefficient (Wildman–Crippen LogP) is 4.57. The molecule has 2 aromatic carbocycles. The molecule has 230 valence electrons. The molecule has 0 radical (unpaired) electrons. The molecular weight excluding hydrogens is 540 g/mol. The first kappa shape index (κ1) is 31.9. The van der Waals surface area contributed by atoms with E-state index >= 15 is 0 Å². The zero-order chi connectivity index (χ0) is 30.4. The minimum atomic E-state index is -2.94. The van der Waals surface area contributed by atoms with Gasteiger partial charge >= 0.3 is 12.5 Å². The first-order chi connectivity index (χ1) is 20.0. The maximum atomic E-state index is 13.7. The molecule has 4 rings (SSSR count). The summed E-state index contributed by atoms with van der Waals surface area (Å²) in [4.78, 5) is 31.0. The number of carbonyl (C=O) groups is 2. The fraction of sp³-hybridized carbons (Fsp3) is 0.576. The number of likely N-dealkylation sites (tertiary alicyclic amines) is 1. The van der Waals surface area contributed by atoms with Gasteiger partial charge in [-0.15, -0.1) is 0 Å². The molecule has 42 heavy (non-hydrogen) atoms. The van der Waals surface area contributed by atoms with E-state index < -0.39 is 6.61 Å². The van der Waals surface area contributed by atoms with Gasteiger partial charge in [-0.05, 0) is 41.5 Å². The lowest BCUT2D eigenvalue weighted by molar-refractivity contribution is -0.827. The van der Waals surface area contributed by atoms with Crippen LogP contribution in [-0.4, -0.2) is 73.6 Å². The fourth-order valence-electron chi connectivity index (χ4n) is 6.43. The van der Waals surface area contributed by atoms with Crippen molar-refractivity contribution in [3.8, 4) is 11.5 Å². The van der Waals surface area contributed by atoms with Crippen LogP contribution >= 0.6 is 0 Å². The molecule has 2 aliphatic rings. The van der Waals surface area contributed by atoms with Crippen LogP contribution in [0, 0.1) is 11.3 Å². The molecule has 0 aliphatic carbocycles. The number of benzene rings is 2. The average Bonchev–Trinajstić information content (AvgIpc) is 2.95. The molecule has 2 heterocycles. The van der Waals surface area contributed by atoms with Gasteiger partial charge in [-0.2, -0.15) is 8.78 Å². The van der Waals surface area contributed by atoms with Gasteiger partial charge in [0.25, 0.3) is 0 Å². The number of halogens is 2. The largest absolute Gasteiger partial charge is 0.490 e. The van der Waals surface area contributed by atoms with E-state index in [1.807, 2.05) is 31.2 Å². The lowest BCUT2D eigenvalue weighted by Crippen LogP contribution is -3.15. The summed E-state index contributed by atoms with van der Waals surface area (Å²) in [7, 11) is 0. The maximum Gasteiger partial charge on any atom is 0.387 e. The lowest BCUT2D eigenvalue weighted by atomic mass is 9.82. The number of piperidine rings is 1. The molecule has 2 fully saturated rings. The summed E-state index contributed by atoms with van der Waals surface area (Å²) in [5.74, 6) is 0.981. The Bertz CT molecular complexity index is 1200. The van der Waals surface area contributed by atoms with E-state index in [2.05, 4.69) is 42.7 Å². The van der Waals surface area contributed by atoms with Crippen molar-refractivity contribution in [2.45, 2.75) is 72.6 Å². The molecule has 9 heteroatoms. The average molecular weight is 587 g/mol. The van der Waals surface area contributed by atoms with Crippen molar-refractivity contribution in [2.75, 3.05) is 39.3 Å². The third kappa shape index (κ3) is 7.86. The first-order valence-electron chi connectivity index (χ1n) is 15.1. The number of carbonyl (C=O) groups excluding carboxylic acids is 2. The summed E-state index contributed by atoms with van der Waals surface area (Å²) >= 11 is 0. The van der Waals surface area contributed by atoms with Crippen molar-refractivity contribution in [1.82, 2.24) is 9.80 Å². The summed E-state index contributed by atoms with van der Waals surface area (Å²) < 4.78 is 36.6. The van der Waals surface area contributed by atoms with Crippen molar-refractivity contribution in [1.29, 1.82) is 0 Å². The third-order valence-electron chi connectivity index (χ3n) is 8.68. The molecule has 2 amide bonds. The smallest absolute Gasteiger partial charge is 0.387 e. The van der Waals surface area contributed by atoms with Crippen LogP contribution in [0.5, 0.6) is 11.5 Å². The SMILES string of the molecule is CCOc1cc(C(c2ccccc2)N2CCN(C(=O)CC3CC[NH+](C(C)=O)CC3)[C@@H](C(C)(C)C)C2)ccc1OC(F)F. The van der Waals surface area contributed by atoms with Gasteiger partial charge in [-0.3, -0.25) is 14.6 Å². The van der Waals surface area contributed by atoms with Gasteiger partial charge in [-0.25, -0.2) is 4.79 Å². The van der Waals surface area contributed by atoms with Crippen LogP contribution in [0.15, 0.2) is 48.5 Å². The Morgan fingerprint density at radius 3 is 2.29 bits per heavy atom. The van der Waals surface area contributed by atoms with Gasteiger partial charge in [0.15, 0.2) is 11.5 Å². The monoisotopic (exact) mass is 586 g/mol. The molecule has 1 N–H and O–H groups in total. The van der Waals surface area contributed by atoms with Crippen LogP contribution < -0.4 is 14.4 Å². The second kappa shape index (κ2) is 14.0. The van der Waals surface area contributed by atoms with E-state index in [9.17, 15) is 18.4 Å². The Kier molecular flexibility index (Phi) is 10.6. The summed E-state index contributed by atoms with van der Waals surface area (Å²) in [6.45, 7) is 10.9. The van der Waals surface area contributed by atoms with E-state index in [1.54, 1.807) is 19.1 Å². The summed E-state index contributed by atoms with van der Waals surface area (Å²) in [6, 6.07) is 15.1. The van der Waals surface area contributed by atoms with Crippen LogP contribution in [0.25, 0.3) is 0 Å². The number of nitrogens with zero attached hydrogens (tertiary/aromatic N) is 2. The Morgan fingerprint density at radius 2 is 1.69 bits per heavy atom. The van der Waals surface area contributed by atoms with Crippen LogP contribution in [0.1, 0.15) is 71.0 Å². The van der Waals surface area contributed by atoms with Crippen molar-refractivity contribution in [3.63, 3.8) is 0 Å². The minimum Gasteiger partial charge on any atom is -0.490 e. The zero-order valence-electron chi connectivity index (χ0n) is 25.6. The topological polar surface area (TPSA) is 63.5 Å². The molecule has 2 saturated heterocycles. The van der Waals surface area contributed by atoms with Crippen molar-refractivity contribution in [2.24, 2.45) is 11.3 Å². The minimum absolute atomic E-state index is 0.0132. The number of nitrogens with one attached hydrogen (secondary N) is 1. The van der Waals surface area contributed by atoms with Crippen LogP contribution in [-0.2, 0) is 9.59 Å². The normalized spacial score (nSPS) is 22.6. The van der Waals surface area contributed by atoms with E-state index in [1.165, 1.54) is 0 Å². The van der Waals surface area contributed by atoms with Gasteiger partial charge in [0.05, 0.1) is 32.7 Å². The Hall–Kier alpha value is -3.04. The molecule has 0 bridgehead atoms. The molecule has 2 atom stereocenters. The van der Waals surface area contributed by atoms with Gasteiger partial charge < -0.3 is 14.4 Å². The van der Waals surface area contributed by atoms with E-state index in [-0.39, 0.29) is 40.8 Å². The molecule has 2 aromatic rings. The van der Waals surface area contributed by atoms with Gasteiger partial charge in [0.2, 0.25) is 5.91 Å². The molecule has 0 aromatic heterocycles. The highest BCUT2D eigenvalue weighted by Crippen LogP contribution is 2.39. The Labute approximate surface area is 248 Å². The summed E-state index contributed by atoms with van der Waals surface area (Å²) in [5.41, 5.74) is 1.83. The van der Waals surface area contributed by atoms with Crippen LogP contribution in [0.3, 0.4) is 0 Å². The Morgan fingerprint density at radius 1 is 1.00 bits per heavy atom. The maximum absolute atomic E-state index is 13.7. The van der Waals surface area contributed by atoms with Crippen molar-refractivity contribution < 1.29 is 32.7 Å². The number of hydrogen-bond donors (Lipinski definition) is 1. The number of amides is 2. The van der Waals surface area contributed by atoms with E-state index in [0.29, 0.717) is 38.6 Å². The summed E-state index contributed by atoms with van der Waals surface area (Å²) in [6.07, 6.45) is 2.30. The molecular formula is C33H46F2N3O4+. The number of hydrogen-bond acceptors (Lipinski definition) is 5. The molecule has 2 aliphatic heterocycles. The lowest BCUT2D eigenvalue weighted by Gasteiger charge is -2.49. The molecule has 1 unspecified atom stereocenters. The quantitative estimate of drug-likeness (QED) is 0.467. The molecule has 0 saturated carbocycles. The number of ether oxygens (including phenoxy) is 2. The fourth-order valence-corrected chi connectivity index (χ4v) is 6.43. The van der Waals surface area contributed by atoms with Crippen LogP contribution in [0.4, 0.5) is 8.78 Å². The highest BCUT2D eigenvalue weighted by atomic mass is 19.3. The number of rotatable bonds is 9. The van der Waals surface area contributed by atoms with Crippen molar-refractivity contribution >= 4 is 11.8 Å². The number of quaternary nitrogens is 1. The number of alkyl halides is 2. The molecule has 0 spiro atoms. The van der Waals surface area contributed by atoms with E-state index in [0.717, 1.165) is 42.0 Å². The zero-order valence-corrected chi connectivity index (χ0v) is 25.6. The summed E-state index contributed by atoms with van der Waals surface area (Å²) in [5, 5.41) is 0. The van der Waals surface area contributed by atoms with Gasteiger partial charge in [-0.1, -0.05) is 57.2 Å². The van der Waals surface area contributed by atoms with Gasteiger partial charge in [0.1, 0.15) is 0 Å². The molecule has 7 nitrogen and oxygen atoms in total. The highest BCUT2D eigenvalue weighted by molar-refractivity contribution is 5.77. The van der Waals surface area contributed by atoms with E-state index in [4.69, 9.17) is 9.47 Å².